The number of phenols is 1. The Labute approximate surface area is 255 Å². The molecule has 0 saturated heterocycles. The summed E-state index contributed by atoms with van der Waals surface area (Å²) in [5.41, 5.74) is 3.43. The number of hydrogen-bond donors (Lipinski definition) is 4. The quantitative estimate of drug-likeness (QED) is 0.228. The zero-order valence-electron chi connectivity index (χ0n) is 24.9. The summed E-state index contributed by atoms with van der Waals surface area (Å²) in [6, 6.07) is 11.9. The lowest BCUT2D eigenvalue weighted by atomic mass is 9.95. The number of fused-ring (bicyclic) bond motifs is 3. The lowest BCUT2D eigenvalue weighted by Crippen LogP contribution is -2.36. The first-order valence-electron chi connectivity index (χ1n) is 13.8. The minimum atomic E-state index is -0.714. The van der Waals surface area contributed by atoms with Gasteiger partial charge in [-0.3, -0.25) is 14.4 Å². The van der Waals surface area contributed by atoms with Gasteiger partial charge in [-0.1, -0.05) is 6.07 Å². The normalized spacial score (nSPS) is 14.3. The van der Waals surface area contributed by atoms with Crippen molar-refractivity contribution >= 4 is 35.0 Å². The van der Waals surface area contributed by atoms with Gasteiger partial charge in [-0.25, -0.2) is 0 Å². The number of benzene rings is 2. The van der Waals surface area contributed by atoms with Gasteiger partial charge in [-0.05, 0) is 90.4 Å². The molecule has 0 aromatic heterocycles. The number of nitrogens with one attached hydrogen (secondary N) is 3. The van der Waals surface area contributed by atoms with Crippen LogP contribution in [0.1, 0.15) is 36.9 Å². The Morgan fingerprint density at radius 3 is 2.37 bits per heavy atom. The Morgan fingerprint density at radius 2 is 1.74 bits per heavy atom. The van der Waals surface area contributed by atoms with Crippen molar-refractivity contribution < 1.29 is 28.9 Å². The van der Waals surface area contributed by atoms with E-state index in [1.54, 1.807) is 44.2 Å². The summed E-state index contributed by atoms with van der Waals surface area (Å²) in [4.78, 5) is 39.3. The fourth-order valence-corrected chi connectivity index (χ4v) is 5.76. The second-order valence-corrected chi connectivity index (χ2v) is 11.1. The smallest absolute Gasteiger partial charge is 0.246 e. The van der Waals surface area contributed by atoms with E-state index in [1.807, 2.05) is 18.4 Å². The monoisotopic (exact) mass is 607 g/mol. The van der Waals surface area contributed by atoms with Gasteiger partial charge in [-0.15, -0.1) is 0 Å². The van der Waals surface area contributed by atoms with Crippen LogP contribution in [0.3, 0.4) is 0 Å². The van der Waals surface area contributed by atoms with Gasteiger partial charge < -0.3 is 35.3 Å². The lowest BCUT2D eigenvalue weighted by Gasteiger charge is -2.19. The van der Waals surface area contributed by atoms with E-state index in [-0.39, 0.29) is 28.7 Å². The number of aryl methyl sites for hydroxylation is 1. The summed E-state index contributed by atoms with van der Waals surface area (Å²) in [6.07, 6.45) is 3.54. The number of carbonyl (C=O) groups excluding carboxylic acids is 2. The number of rotatable bonds is 11. The second-order valence-electron chi connectivity index (χ2n) is 10.1. The third kappa shape index (κ3) is 7.16. The number of amides is 2. The molecule has 0 heterocycles. The molecule has 3 aromatic carbocycles. The van der Waals surface area contributed by atoms with Crippen molar-refractivity contribution in [3.05, 3.63) is 69.9 Å². The highest BCUT2D eigenvalue weighted by Crippen LogP contribution is 2.50. The molecule has 0 radical (unpaired) electrons. The predicted molar refractivity (Wildman–Crippen MR) is 170 cm³/mol. The molecule has 0 spiro atoms. The van der Waals surface area contributed by atoms with Crippen LogP contribution in [0, 0.1) is 0 Å². The Balaban J connectivity index is 1.83. The average Bonchev–Trinajstić information content (AvgIpc) is 3.23. The minimum absolute atomic E-state index is 0.0921. The zero-order chi connectivity index (χ0) is 31.1. The largest absolute Gasteiger partial charge is 0.508 e. The molecule has 2 atom stereocenters. The van der Waals surface area contributed by atoms with Gasteiger partial charge in [0.15, 0.2) is 11.5 Å². The van der Waals surface area contributed by atoms with E-state index in [9.17, 15) is 19.5 Å². The van der Waals surface area contributed by atoms with Crippen molar-refractivity contribution in [3.8, 4) is 34.1 Å². The van der Waals surface area contributed by atoms with Crippen LogP contribution < -0.4 is 35.6 Å². The molecule has 1 aliphatic rings. The molecule has 2 amide bonds. The van der Waals surface area contributed by atoms with Gasteiger partial charge in [0.25, 0.3) is 0 Å². The van der Waals surface area contributed by atoms with Gasteiger partial charge in [0.05, 0.1) is 33.1 Å². The van der Waals surface area contributed by atoms with Gasteiger partial charge in [-0.2, -0.15) is 11.8 Å². The topological polar surface area (TPSA) is 135 Å². The van der Waals surface area contributed by atoms with Crippen molar-refractivity contribution in [3.63, 3.8) is 0 Å². The van der Waals surface area contributed by atoms with Crippen LogP contribution in [0.4, 0.5) is 11.4 Å². The fourth-order valence-electron chi connectivity index (χ4n) is 5.29. The van der Waals surface area contributed by atoms with Crippen LogP contribution in [0.25, 0.3) is 11.1 Å². The maximum Gasteiger partial charge on any atom is 0.246 e. The van der Waals surface area contributed by atoms with Crippen molar-refractivity contribution in [1.29, 1.82) is 0 Å². The first-order chi connectivity index (χ1) is 20.7. The van der Waals surface area contributed by atoms with Gasteiger partial charge in [0, 0.05) is 18.2 Å². The molecule has 0 saturated carbocycles. The molecule has 0 aliphatic heterocycles. The molecular formula is C32H37N3O7S. The number of carbonyl (C=O) groups is 2. The van der Waals surface area contributed by atoms with Crippen LogP contribution in [0.15, 0.2) is 53.3 Å². The number of thioether (sulfide) groups is 1. The molecule has 3 aromatic rings. The molecule has 4 N–H and O–H groups in total. The molecule has 11 heteroatoms. The lowest BCUT2D eigenvalue weighted by molar-refractivity contribution is -0.120. The van der Waals surface area contributed by atoms with E-state index in [1.165, 1.54) is 32.2 Å². The Hall–Kier alpha value is -4.38. The standard InChI is InChI=1S/C32H37N3O7S/c1-18(36)33-24-12-6-19-16-28(40-2)30(41-3)31(42-4)29(19)22-11-13-25(27(38)17-23(22)24)35-26(14-15-43-5)32(39)34-20-7-9-21(37)10-8-20/h7-11,13,16-17,24,26,37H,6,12,14-15H2,1-5H3,(H,33,36)(H,34,39)(H,35,38)/t24-,26-/m1/s1. The SMILES string of the molecule is COc1cc2c(c(OC)c1OC)-c1ccc(N[C@H](CCSC)C(=O)Nc3ccc(O)cc3)c(=O)cc1[C@H](NC(C)=O)CC2. The minimum Gasteiger partial charge on any atom is -0.508 e. The number of ether oxygens (including phenoxy) is 3. The van der Waals surface area contributed by atoms with Crippen LogP contribution in [0.5, 0.6) is 23.0 Å². The van der Waals surface area contributed by atoms with Crippen LogP contribution in [-0.2, 0) is 16.0 Å². The fraction of sp³-hybridized carbons (Fsp3) is 0.344. The molecule has 1 aliphatic carbocycles. The number of methoxy groups -OCH3 is 3. The zero-order valence-corrected chi connectivity index (χ0v) is 25.7. The van der Waals surface area contributed by atoms with E-state index in [4.69, 9.17) is 14.2 Å². The number of phenolic OH excluding ortho intramolecular Hbond substituents is 1. The van der Waals surface area contributed by atoms with Crippen molar-refractivity contribution in [1.82, 2.24) is 5.32 Å². The molecule has 10 nitrogen and oxygen atoms in total. The Bertz CT molecular complexity index is 1550. The maximum atomic E-state index is 13.7. The average molecular weight is 608 g/mol. The molecule has 228 valence electrons. The summed E-state index contributed by atoms with van der Waals surface area (Å²) in [5.74, 6) is 1.64. The summed E-state index contributed by atoms with van der Waals surface area (Å²) in [7, 11) is 4.64. The summed E-state index contributed by atoms with van der Waals surface area (Å²) >= 11 is 1.59. The van der Waals surface area contributed by atoms with Crippen LogP contribution in [-0.4, -0.2) is 56.3 Å². The van der Waals surface area contributed by atoms with Crippen molar-refractivity contribution in [2.24, 2.45) is 0 Å². The van der Waals surface area contributed by atoms with E-state index in [0.29, 0.717) is 59.1 Å². The second kappa shape index (κ2) is 14.2. The highest BCUT2D eigenvalue weighted by Gasteiger charge is 2.30. The maximum absolute atomic E-state index is 13.7. The Morgan fingerprint density at radius 1 is 1.02 bits per heavy atom. The van der Waals surface area contributed by atoms with Gasteiger partial charge in [0.2, 0.25) is 23.0 Å². The predicted octanol–water partition coefficient (Wildman–Crippen LogP) is 4.74. The molecule has 4 rings (SSSR count). The third-order valence-corrected chi connectivity index (χ3v) is 7.95. The van der Waals surface area contributed by atoms with E-state index in [0.717, 1.165) is 11.1 Å². The molecule has 43 heavy (non-hydrogen) atoms. The first kappa shape index (κ1) is 31.6. The summed E-state index contributed by atoms with van der Waals surface area (Å²) in [6.45, 7) is 1.45. The van der Waals surface area contributed by atoms with Crippen LogP contribution in [0.2, 0.25) is 0 Å². The van der Waals surface area contributed by atoms with Gasteiger partial charge in [0.1, 0.15) is 11.8 Å². The number of hydrogen-bond acceptors (Lipinski definition) is 9. The molecule has 0 fully saturated rings. The van der Waals surface area contributed by atoms with E-state index in [2.05, 4.69) is 16.0 Å². The summed E-state index contributed by atoms with van der Waals surface area (Å²) < 4.78 is 17.1. The molecular weight excluding hydrogens is 570 g/mol. The highest BCUT2D eigenvalue weighted by atomic mass is 32.2. The first-order valence-corrected chi connectivity index (χ1v) is 15.2. The number of anilines is 2. The number of aromatic hydroxyl groups is 1. The van der Waals surface area contributed by atoms with Crippen molar-refractivity contribution in [2.75, 3.05) is 44.0 Å². The third-order valence-electron chi connectivity index (χ3n) is 7.31. The van der Waals surface area contributed by atoms with Gasteiger partial charge >= 0.3 is 0 Å². The summed E-state index contributed by atoms with van der Waals surface area (Å²) in [5, 5.41) is 18.6. The van der Waals surface area contributed by atoms with Crippen LogP contribution >= 0.6 is 11.8 Å². The molecule has 0 bridgehead atoms. The Kier molecular flexibility index (Phi) is 10.4. The van der Waals surface area contributed by atoms with E-state index >= 15 is 0 Å². The molecule has 0 unspecified atom stereocenters. The van der Waals surface area contributed by atoms with E-state index < -0.39 is 12.1 Å². The van der Waals surface area contributed by atoms with Crippen molar-refractivity contribution in [2.45, 2.75) is 38.3 Å². The highest BCUT2D eigenvalue weighted by molar-refractivity contribution is 7.98.